The lowest BCUT2D eigenvalue weighted by molar-refractivity contribution is -0.118. The second-order valence-corrected chi connectivity index (χ2v) is 4.11. The second-order valence-electron chi connectivity index (χ2n) is 2.62. The number of hydrogen-bond acceptors (Lipinski definition) is 1. The zero-order valence-electron chi connectivity index (χ0n) is 6.76. The molecule has 0 aliphatic heterocycles. The van der Waals surface area contributed by atoms with Crippen LogP contribution in [0.3, 0.4) is 0 Å². The summed E-state index contributed by atoms with van der Waals surface area (Å²) in [4.78, 5) is 12.0. The van der Waals surface area contributed by atoms with Crippen molar-refractivity contribution in [1.29, 1.82) is 0 Å². The third-order valence-corrected chi connectivity index (χ3v) is 1.40. The summed E-state index contributed by atoms with van der Waals surface area (Å²) in [6.07, 6.45) is 0.776. The Bertz CT molecular complexity index is 107. The molecule has 66 valence electrons. The van der Waals surface area contributed by atoms with Crippen LogP contribution in [0.25, 0.3) is 0 Å². The topological polar surface area (TPSA) is 20.3 Å². The van der Waals surface area contributed by atoms with E-state index in [0.29, 0.717) is 13.1 Å². The van der Waals surface area contributed by atoms with Crippen LogP contribution in [0.1, 0.15) is 13.8 Å². The first-order valence-corrected chi connectivity index (χ1v) is 4.41. The van der Waals surface area contributed by atoms with E-state index < -0.39 is 0 Å². The van der Waals surface area contributed by atoms with Crippen molar-refractivity contribution in [2.24, 2.45) is 0 Å². The van der Waals surface area contributed by atoms with E-state index in [2.05, 4.69) is 0 Å². The Hall–Kier alpha value is 0.0500. The summed E-state index contributed by atoms with van der Waals surface area (Å²) in [7, 11) is 0. The van der Waals surface area contributed by atoms with Crippen LogP contribution in [-0.4, -0.2) is 35.2 Å². The van der Waals surface area contributed by atoms with Gasteiger partial charge in [-0.3, -0.25) is 4.79 Å². The van der Waals surface area contributed by atoms with Crippen LogP contribution < -0.4 is 0 Å². The minimum absolute atomic E-state index is 0.0179. The summed E-state index contributed by atoms with van der Waals surface area (Å²) in [5, 5.41) is -0.0359. The van der Waals surface area contributed by atoms with Crippen molar-refractivity contribution in [2.45, 2.75) is 24.6 Å². The normalized spacial score (nSPS) is 15.6. The number of rotatable bonds is 5. The van der Waals surface area contributed by atoms with Gasteiger partial charge in [-0.25, -0.2) is 0 Å². The van der Waals surface area contributed by atoms with Crippen molar-refractivity contribution in [3.8, 4) is 0 Å². The number of halogens is 2. The maximum atomic E-state index is 10.4. The average Bonchev–Trinajstić information content (AvgIpc) is 1.84. The Balaban J connectivity index is 3.67. The fourth-order valence-electron chi connectivity index (χ4n) is 0.807. The standard InChI is InChI=1S/C7H13Cl2NO/c1-6(8)3-10(5-11)4-7(2)9/h5-7H,3-4H2,1-2H3. The molecule has 2 atom stereocenters. The fourth-order valence-corrected chi connectivity index (χ4v) is 1.16. The molecule has 0 saturated carbocycles. The van der Waals surface area contributed by atoms with Gasteiger partial charge >= 0.3 is 0 Å². The zero-order chi connectivity index (χ0) is 8.85. The van der Waals surface area contributed by atoms with Crippen LogP contribution in [0.2, 0.25) is 0 Å². The smallest absolute Gasteiger partial charge is 0.209 e. The average molecular weight is 198 g/mol. The summed E-state index contributed by atoms with van der Waals surface area (Å²) in [5.41, 5.74) is 0. The fraction of sp³-hybridized carbons (Fsp3) is 0.857. The summed E-state index contributed by atoms with van der Waals surface area (Å²) >= 11 is 11.4. The van der Waals surface area contributed by atoms with Crippen LogP contribution in [0.5, 0.6) is 0 Å². The molecule has 2 unspecified atom stereocenters. The van der Waals surface area contributed by atoms with Gasteiger partial charge in [-0.2, -0.15) is 0 Å². The molecule has 0 aromatic heterocycles. The highest BCUT2D eigenvalue weighted by Gasteiger charge is 2.07. The largest absolute Gasteiger partial charge is 0.342 e. The van der Waals surface area contributed by atoms with E-state index in [-0.39, 0.29) is 10.8 Å². The number of amides is 1. The van der Waals surface area contributed by atoms with E-state index in [1.54, 1.807) is 4.90 Å². The molecule has 0 radical (unpaired) electrons. The minimum atomic E-state index is -0.0179. The molecule has 0 aliphatic carbocycles. The third-order valence-electron chi connectivity index (χ3n) is 1.12. The molecule has 0 bridgehead atoms. The van der Waals surface area contributed by atoms with E-state index in [1.807, 2.05) is 13.8 Å². The van der Waals surface area contributed by atoms with Crippen LogP contribution in [0, 0.1) is 0 Å². The van der Waals surface area contributed by atoms with Gasteiger partial charge in [0.15, 0.2) is 0 Å². The quantitative estimate of drug-likeness (QED) is 0.486. The van der Waals surface area contributed by atoms with Gasteiger partial charge in [-0.15, -0.1) is 23.2 Å². The van der Waals surface area contributed by atoms with Crippen LogP contribution in [-0.2, 0) is 4.79 Å². The molecule has 2 nitrogen and oxygen atoms in total. The summed E-state index contributed by atoms with van der Waals surface area (Å²) in [6.45, 7) is 4.80. The Morgan fingerprint density at radius 3 is 1.82 bits per heavy atom. The maximum Gasteiger partial charge on any atom is 0.209 e. The Labute approximate surface area is 77.5 Å². The number of carbonyl (C=O) groups is 1. The third kappa shape index (κ3) is 6.45. The summed E-state index contributed by atoms with van der Waals surface area (Å²) in [5.74, 6) is 0. The first-order chi connectivity index (χ1) is 5.06. The van der Waals surface area contributed by atoms with Crippen LogP contribution >= 0.6 is 23.2 Å². The highest BCUT2D eigenvalue weighted by atomic mass is 35.5. The van der Waals surface area contributed by atoms with E-state index >= 15 is 0 Å². The molecule has 0 N–H and O–H groups in total. The SMILES string of the molecule is CC(Cl)CN(C=O)CC(C)Cl. The molecule has 0 aromatic rings. The molecule has 11 heavy (non-hydrogen) atoms. The molecule has 0 aliphatic rings. The molecule has 4 heteroatoms. The van der Waals surface area contributed by atoms with Crippen molar-refractivity contribution in [3.63, 3.8) is 0 Å². The predicted molar refractivity (Wildman–Crippen MR) is 48.3 cm³/mol. The lowest BCUT2D eigenvalue weighted by Gasteiger charge is -2.19. The summed E-state index contributed by atoms with van der Waals surface area (Å²) in [6, 6.07) is 0. The zero-order valence-corrected chi connectivity index (χ0v) is 8.27. The van der Waals surface area contributed by atoms with Gasteiger partial charge in [-0.05, 0) is 13.8 Å². The van der Waals surface area contributed by atoms with Crippen molar-refractivity contribution in [3.05, 3.63) is 0 Å². The van der Waals surface area contributed by atoms with Crippen LogP contribution in [0.4, 0.5) is 0 Å². The van der Waals surface area contributed by atoms with Crippen molar-refractivity contribution >= 4 is 29.6 Å². The highest BCUT2D eigenvalue weighted by Crippen LogP contribution is 2.01. The number of nitrogens with zero attached hydrogens (tertiary/aromatic N) is 1. The predicted octanol–water partition coefficient (Wildman–Crippen LogP) is 1.70. The minimum Gasteiger partial charge on any atom is -0.342 e. The van der Waals surface area contributed by atoms with Gasteiger partial charge in [0.25, 0.3) is 0 Å². The van der Waals surface area contributed by atoms with E-state index in [4.69, 9.17) is 23.2 Å². The molecule has 0 fully saturated rings. The van der Waals surface area contributed by atoms with Gasteiger partial charge in [-0.1, -0.05) is 0 Å². The molecule has 0 aromatic carbocycles. The van der Waals surface area contributed by atoms with Crippen molar-refractivity contribution in [1.82, 2.24) is 4.90 Å². The van der Waals surface area contributed by atoms with Crippen molar-refractivity contribution < 1.29 is 4.79 Å². The lowest BCUT2D eigenvalue weighted by atomic mass is 10.4. The number of hydrogen-bond donors (Lipinski definition) is 0. The monoisotopic (exact) mass is 197 g/mol. The number of carbonyl (C=O) groups excluding carboxylic acids is 1. The molecule has 1 amide bonds. The van der Waals surface area contributed by atoms with Crippen LogP contribution in [0.15, 0.2) is 0 Å². The second kappa shape index (κ2) is 5.67. The molecule has 0 spiro atoms. The first kappa shape index (κ1) is 11.1. The molecular formula is C7H13Cl2NO. The van der Waals surface area contributed by atoms with Gasteiger partial charge < -0.3 is 4.90 Å². The van der Waals surface area contributed by atoms with Gasteiger partial charge in [0, 0.05) is 23.8 Å². The first-order valence-electron chi connectivity index (χ1n) is 3.53. The maximum absolute atomic E-state index is 10.4. The van der Waals surface area contributed by atoms with Gasteiger partial charge in [0.05, 0.1) is 0 Å². The Kier molecular flexibility index (Phi) is 5.69. The lowest BCUT2D eigenvalue weighted by Crippen LogP contribution is -2.32. The highest BCUT2D eigenvalue weighted by molar-refractivity contribution is 6.21. The molecule has 0 rings (SSSR count). The summed E-state index contributed by atoms with van der Waals surface area (Å²) < 4.78 is 0. The van der Waals surface area contributed by atoms with Gasteiger partial charge in [0.1, 0.15) is 0 Å². The van der Waals surface area contributed by atoms with Gasteiger partial charge in [0.2, 0.25) is 6.41 Å². The Morgan fingerprint density at radius 1 is 1.27 bits per heavy atom. The Morgan fingerprint density at radius 2 is 1.64 bits per heavy atom. The molecule has 0 heterocycles. The van der Waals surface area contributed by atoms with E-state index in [9.17, 15) is 4.79 Å². The van der Waals surface area contributed by atoms with E-state index in [0.717, 1.165) is 6.41 Å². The van der Waals surface area contributed by atoms with Crippen molar-refractivity contribution in [2.75, 3.05) is 13.1 Å². The van der Waals surface area contributed by atoms with E-state index in [1.165, 1.54) is 0 Å². The number of alkyl halides is 2. The molecular weight excluding hydrogens is 185 g/mol. The molecule has 0 saturated heterocycles.